The number of nitrogens with zero attached hydrogens (tertiary/aromatic N) is 1. The average molecular weight is 266 g/mol. The molecule has 0 radical (unpaired) electrons. The van der Waals surface area contributed by atoms with Gasteiger partial charge in [0.25, 0.3) is 5.56 Å². The van der Waals surface area contributed by atoms with Crippen LogP contribution in [0.3, 0.4) is 0 Å². The first-order valence-corrected chi connectivity index (χ1v) is 6.10. The van der Waals surface area contributed by atoms with E-state index in [9.17, 15) is 4.79 Å². The molecule has 4 heteroatoms. The Bertz CT molecular complexity index is 706. The van der Waals surface area contributed by atoms with E-state index < -0.39 is 0 Å². The fourth-order valence-electron chi connectivity index (χ4n) is 1.65. The van der Waals surface area contributed by atoms with Crippen molar-refractivity contribution >= 4 is 12.2 Å². The molecule has 0 amide bonds. The highest BCUT2D eigenvalue weighted by atomic mass is 16.5. The van der Waals surface area contributed by atoms with Gasteiger partial charge in [0.1, 0.15) is 12.4 Å². The van der Waals surface area contributed by atoms with Crippen LogP contribution < -0.4 is 10.3 Å². The van der Waals surface area contributed by atoms with Crippen LogP contribution in [0.25, 0.3) is 12.2 Å². The number of aryl methyl sites for hydroxylation is 1. The topological polar surface area (TPSA) is 55.0 Å². The Morgan fingerprint density at radius 2 is 2.10 bits per heavy atom. The van der Waals surface area contributed by atoms with Crippen molar-refractivity contribution < 1.29 is 4.74 Å². The van der Waals surface area contributed by atoms with Crippen molar-refractivity contribution in [3.8, 4) is 18.1 Å². The third-order valence-electron chi connectivity index (χ3n) is 2.67. The lowest BCUT2D eigenvalue weighted by Gasteiger charge is -2.02. The maximum atomic E-state index is 11.1. The Hall–Kier alpha value is -2.80. The largest absolute Gasteiger partial charge is 0.481 e. The highest BCUT2D eigenvalue weighted by Gasteiger charge is 1.97. The minimum absolute atomic E-state index is 0.199. The molecule has 0 aliphatic heterocycles. The summed E-state index contributed by atoms with van der Waals surface area (Å²) in [7, 11) is 0. The molecule has 1 N–H and O–H groups in total. The van der Waals surface area contributed by atoms with E-state index in [1.165, 1.54) is 6.07 Å². The first-order valence-electron chi connectivity index (χ1n) is 6.10. The first kappa shape index (κ1) is 13.6. The molecule has 1 aromatic heterocycles. The zero-order valence-electron chi connectivity index (χ0n) is 11.1. The third-order valence-corrected chi connectivity index (χ3v) is 2.67. The van der Waals surface area contributed by atoms with Gasteiger partial charge in [-0.15, -0.1) is 6.42 Å². The minimum Gasteiger partial charge on any atom is -0.481 e. The van der Waals surface area contributed by atoms with Crippen LogP contribution in [0.1, 0.15) is 16.8 Å². The molecule has 2 rings (SSSR count). The fourth-order valence-corrected chi connectivity index (χ4v) is 1.65. The number of nitrogens with one attached hydrogen (secondary N) is 1. The number of ether oxygens (including phenoxy) is 1. The van der Waals surface area contributed by atoms with Crippen LogP contribution in [0.2, 0.25) is 0 Å². The Morgan fingerprint density at radius 3 is 2.75 bits per heavy atom. The van der Waals surface area contributed by atoms with Crippen LogP contribution in [-0.4, -0.2) is 16.8 Å². The second-order valence-electron chi connectivity index (χ2n) is 4.20. The third kappa shape index (κ3) is 3.59. The van der Waals surface area contributed by atoms with Crippen LogP contribution >= 0.6 is 0 Å². The number of aromatic amines is 1. The molecule has 1 aromatic carbocycles. The smallest absolute Gasteiger partial charge is 0.264 e. The number of hydrogen-bond acceptors (Lipinski definition) is 3. The average Bonchev–Trinajstić information content (AvgIpc) is 2.45. The van der Waals surface area contributed by atoms with Crippen molar-refractivity contribution in [1.29, 1.82) is 0 Å². The van der Waals surface area contributed by atoms with Gasteiger partial charge in [0.15, 0.2) is 0 Å². The van der Waals surface area contributed by atoms with Gasteiger partial charge in [0, 0.05) is 6.07 Å². The molecule has 4 nitrogen and oxygen atoms in total. The number of rotatable bonds is 4. The van der Waals surface area contributed by atoms with Crippen LogP contribution in [0.4, 0.5) is 0 Å². The van der Waals surface area contributed by atoms with Crippen molar-refractivity contribution in [2.75, 3.05) is 6.61 Å². The van der Waals surface area contributed by atoms with E-state index in [-0.39, 0.29) is 12.2 Å². The Balaban J connectivity index is 2.11. The SMILES string of the molecule is C#CCOc1ccc(C=Cc2n[nH]c(=O)cc2C)cc1. The molecule has 0 saturated heterocycles. The normalized spacial score (nSPS) is 10.4. The summed E-state index contributed by atoms with van der Waals surface area (Å²) in [5.74, 6) is 3.15. The van der Waals surface area contributed by atoms with Gasteiger partial charge in [-0.3, -0.25) is 4.79 Å². The van der Waals surface area contributed by atoms with Gasteiger partial charge in [-0.1, -0.05) is 24.1 Å². The van der Waals surface area contributed by atoms with Gasteiger partial charge < -0.3 is 4.74 Å². The maximum Gasteiger partial charge on any atom is 0.264 e. The number of hydrogen-bond donors (Lipinski definition) is 1. The number of H-pyrrole nitrogens is 1. The standard InChI is InChI=1S/C16H14N2O2/c1-3-10-20-14-7-4-13(5-8-14)6-9-15-12(2)11-16(19)18-17-15/h1,4-9,11H,10H2,2H3,(H,18,19). The summed E-state index contributed by atoms with van der Waals surface area (Å²) < 4.78 is 5.29. The van der Waals surface area contributed by atoms with E-state index in [0.717, 1.165) is 22.6 Å². The minimum atomic E-state index is -0.199. The summed E-state index contributed by atoms with van der Waals surface area (Å²) in [6, 6.07) is 9.06. The molecule has 1 heterocycles. The maximum absolute atomic E-state index is 11.1. The van der Waals surface area contributed by atoms with Gasteiger partial charge in [-0.2, -0.15) is 5.10 Å². The lowest BCUT2D eigenvalue weighted by atomic mass is 10.1. The van der Waals surface area contributed by atoms with E-state index in [1.807, 2.05) is 43.3 Å². The quantitative estimate of drug-likeness (QED) is 0.864. The highest BCUT2D eigenvalue weighted by Crippen LogP contribution is 2.14. The van der Waals surface area contributed by atoms with Crippen molar-refractivity contribution in [2.24, 2.45) is 0 Å². The predicted octanol–water partition coefficient (Wildman–Crippen LogP) is 2.26. The van der Waals surface area contributed by atoms with Gasteiger partial charge in [0.2, 0.25) is 0 Å². The van der Waals surface area contributed by atoms with Crippen molar-refractivity contribution in [3.63, 3.8) is 0 Å². The van der Waals surface area contributed by atoms with E-state index >= 15 is 0 Å². The van der Waals surface area contributed by atoms with Gasteiger partial charge >= 0.3 is 0 Å². The molecule has 0 aliphatic rings. The van der Waals surface area contributed by atoms with Crippen molar-refractivity contribution in [3.05, 3.63) is 57.5 Å². The Labute approximate surface area is 117 Å². The number of terminal acetylenes is 1. The van der Waals surface area contributed by atoms with E-state index in [0.29, 0.717) is 0 Å². The molecule has 0 fully saturated rings. The Kier molecular flexibility index (Phi) is 4.35. The summed E-state index contributed by atoms with van der Waals surface area (Å²) in [6.45, 7) is 2.11. The zero-order chi connectivity index (χ0) is 14.4. The number of aromatic nitrogens is 2. The van der Waals surface area contributed by atoms with Crippen molar-refractivity contribution in [2.45, 2.75) is 6.92 Å². The summed E-state index contributed by atoms with van der Waals surface area (Å²) in [4.78, 5) is 11.1. The molecule has 20 heavy (non-hydrogen) atoms. The van der Waals surface area contributed by atoms with E-state index in [4.69, 9.17) is 11.2 Å². The molecule has 0 spiro atoms. The second-order valence-corrected chi connectivity index (χ2v) is 4.20. The monoisotopic (exact) mass is 266 g/mol. The molecule has 2 aromatic rings. The molecule has 0 aliphatic carbocycles. The van der Waals surface area contributed by atoms with E-state index in [2.05, 4.69) is 16.1 Å². The first-order chi connectivity index (χ1) is 9.69. The fraction of sp³-hybridized carbons (Fsp3) is 0.125. The van der Waals surface area contributed by atoms with Crippen LogP contribution in [0.5, 0.6) is 5.75 Å². The van der Waals surface area contributed by atoms with Crippen LogP contribution in [0.15, 0.2) is 35.1 Å². The molecular weight excluding hydrogens is 252 g/mol. The zero-order valence-corrected chi connectivity index (χ0v) is 11.1. The summed E-state index contributed by atoms with van der Waals surface area (Å²) in [6.07, 6.45) is 8.89. The summed E-state index contributed by atoms with van der Waals surface area (Å²) in [5, 5.41) is 6.39. The molecular formula is C16H14N2O2. The van der Waals surface area contributed by atoms with Crippen molar-refractivity contribution in [1.82, 2.24) is 10.2 Å². The molecule has 0 atom stereocenters. The molecule has 0 unspecified atom stereocenters. The lowest BCUT2D eigenvalue weighted by molar-refractivity contribution is 0.370. The van der Waals surface area contributed by atoms with E-state index in [1.54, 1.807) is 0 Å². The second kappa shape index (κ2) is 6.39. The summed E-state index contributed by atoms with van der Waals surface area (Å²) >= 11 is 0. The van der Waals surface area contributed by atoms with Gasteiger partial charge in [-0.25, -0.2) is 5.10 Å². The van der Waals surface area contributed by atoms with Gasteiger partial charge in [-0.05, 0) is 36.3 Å². The summed E-state index contributed by atoms with van der Waals surface area (Å²) in [5.41, 5.74) is 2.37. The molecule has 0 saturated carbocycles. The van der Waals surface area contributed by atoms with Gasteiger partial charge in [0.05, 0.1) is 5.69 Å². The van der Waals surface area contributed by atoms with Crippen LogP contribution in [-0.2, 0) is 0 Å². The number of benzene rings is 1. The Morgan fingerprint density at radius 1 is 1.35 bits per heavy atom. The predicted molar refractivity (Wildman–Crippen MR) is 79.3 cm³/mol. The van der Waals surface area contributed by atoms with Crippen LogP contribution in [0, 0.1) is 19.3 Å². The molecule has 0 bridgehead atoms. The lowest BCUT2D eigenvalue weighted by Crippen LogP contribution is -2.08. The highest BCUT2D eigenvalue weighted by molar-refractivity contribution is 5.69. The molecule has 100 valence electrons.